The summed E-state index contributed by atoms with van der Waals surface area (Å²) in [6, 6.07) is 0. The molecular formula is C9H11ClN4S. The minimum atomic E-state index is 0.511. The van der Waals surface area contributed by atoms with E-state index in [1.54, 1.807) is 4.52 Å². The lowest BCUT2D eigenvalue weighted by molar-refractivity contribution is 0.445. The summed E-state index contributed by atoms with van der Waals surface area (Å²) in [6.45, 7) is 2.14. The van der Waals surface area contributed by atoms with Crippen molar-refractivity contribution in [2.24, 2.45) is 0 Å². The minimum Gasteiger partial charge on any atom is -0.317 e. The Hall–Kier alpha value is -0.650. The summed E-state index contributed by atoms with van der Waals surface area (Å²) in [6.07, 6.45) is 4.08. The molecular weight excluding hydrogens is 232 g/mol. The van der Waals surface area contributed by atoms with Gasteiger partial charge in [0.1, 0.15) is 4.34 Å². The second kappa shape index (κ2) is 3.73. The molecule has 0 aromatic carbocycles. The standard InChI is InChI=1S/C9H11ClN4S/c10-7-5-14-9(15-7)12-8(13-14)6-1-3-11-4-2-6/h5-6,11H,1-4H2. The predicted molar refractivity (Wildman–Crippen MR) is 60.7 cm³/mol. The molecule has 1 fully saturated rings. The number of aromatic nitrogens is 3. The Morgan fingerprint density at radius 1 is 1.47 bits per heavy atom. The maximum absolute atomic E-state index is 5.87. The second-order valence-electron chi connectivity index (χ2n) is 3.76. The molecule has 1 aliphatic rings. The van der Waals surface area contributed by atoms with Crippen molar-refractivity contribution in [3.63, 3.8) is 0 Å². The largest absolute Gasteiger partial charge is 0.317 e. The highest BCUT2D eigenvalue weighted by Crippen LogP contribution is 2.26. The zero-order valence-electron chi connectivity index (χ0n) is 8.11. The first-order valence-electron chi connectivity index (χ1n) is 5.05. The van der Waals surface area contributed by atoms with Gasteiger partial charge >= 0.3 is 0 Å². The van der Waals surface area contributed by atoms with Crippen LogP contribution in [0.3, 0.4) is 0 Å². The Morgan fingerprint density at radius 3 is 3.00 bits per heavy atom. The van der Waals surface area contributed by atoms with Gasteiger partial charge in [-0.05, 0) is 25.9 Å². The summed E-state index contributed by atoms with van der Waals surface area (Å²) in [5, 5.41) is 7.80. The van der Waals surface area contributed by atoms with Crippen LogP contribution in [0.4, 0.5) is 0 Å². The van der Waals surface area contributed by atoms with Gasteiger partial charge in [-0.2, -0.15) is 5.10 Å². The molecule has 0 radical (unpaired) electrons. The number of hydrogen-bond donors (Lipinski definition) is 1. The zero-order valence-corrected chi connectivity index (χ0v) is 9.68. The summed E-state index contributed by atoms with van der Waals surface area (Å²) in [5.41, 5.74) is 0. The average Bonchev–Trinajstić information content (AvgIpc) is 2.76. The SMILES string of the molecule is Clc1cn2nc(C3CCNCC3)nc2s1. The third-order valence-electron chi connectivity index (χ3n) is 2.73. The van der Waals surface area contributed by atoms with Crippen LogP contribution in [-0.4, -0.2) is 27.7 Å². The van der Waals surface area contributed by atoms with Crippen LogP contribution in [0.25, 0.3) is 4.96 Å². The lowest BCUT2D eigenvalue weighted by atomic mass is 9.98. The number of nitrogens with zero attached hydrogens (tertiary/aromatic N) is 3. The van der Waals surface area contributed by atoms with E-state index in [4.69, 9.17) is 11.6 Å². The molecule has 0 atom stereocenters. The third-order valence-corrected chi connectivity index (χ3v) is 3.82. The van der Waals surface area contributed by atoms with Gasteiger partial charge in [0.15, 0.2) is 5.82 Å². The van der Waals surface area contributed by atoms with Gasteiger partial charge in [0.05, 0.1) is 6.20 Å². The number of halogens is 1. The molecule has 1 saturated heterocycles. The van der Waals surface area contributed by atoms with Gasteiger partial charge in [0, 0.05) is 5.92 Å². The van der Waals surface area contributed by atoms with Crippen molar-refractivity contribution < 1.29 is 0 Å². The summed E-state index contributed by atoms with van der Waals surface area (Å²) in [4.78, 5) is 5.41. The van der Waals surface area contributed by atoms with Gasteiger partial charge in [-0.3, -0.25) is 0 Å². The monoisotopic (exact) mass is 242 g/mol. The van der Waals surface area contributed by atoms with Gasteiger partial charge in [0.2, 0.25) is 4.96 Å². The Balaban J connectivity index is 1.93. The normalized spacial score (nSPS) is 18.7. The molecule has 1 aliphatic heterocycles. The molecule has 0 amide bonds. The van der Waals surface area contributed by atoms with Crippen molar-refractivity contribution in [1.82, 2.24) is 19.9 Å². The van der Waals surface area contributed by atoms with Crippen LogP contribution in [0.2, 0.25) is 4.34 Å². The molecule has 0 aliphatic carbocycles. The van der Waals surface area contributed by atoms with Crippen LogP contribution in [0.1, 0.15) is 24.6 Å². The van der Waals surface area contributed by atoms with Crippen molar-refractivity contribution >= 4 is 27.9 Å². The summed E-state index contributed by atoms with van der Waals surface area (Å²) in [7, 11) is 0. The number of piperidine rings is 1. The maximum Gasteiger partial charge on any atom is 0.213 e. The average molecular weight is 243 g/mol. The molecule has 80 valence electrons. The van der Waals surface area contributed by atoms with Crippen LogP contribution in [0.15, 0.2) is 6.20 Å². The first kappa shape index (κ1) is 9.57. The topological polar surface area (TPSA) is 42.2 Å². The van der Waals surface area contributed by atoms with E-state index in [9.17, 15) is 0 Å². The summed E-state index contributed by atoms with van der Waals surface area (Å²) >= 11 is 7.35. The van der Waals surface area contributed by atoms with Crippen LogP contribution in [-0.2, 0) is 0 Å². The van der Waals surface area contributed by atoms with Crippen molar-refractivity contribution in [2.45, 2.75) is 18.8 Å². The Labute approximate surface area is 96.3 Å². The number of hydrogen-bond acceptors (Lipinski definition) is 4. The minimum absolute atomic E-state index is 0.511. The van der Waals surface area contributed by atoms with Gasteiger partial charge in [0.25, 0.3) is 0 Å². The highest BCUT2D eigenvalue weighted by molar-refractivity contribution is 7.20. The van der Waals surface area contributed by atoms with E-state index in [-0.39, 0.29) is 0 Å². The molecule has 15 heavy (non-hydrogen) atoms. The predicted octanol–water partition coefficient (Wildman–Crippen LogP) is 1.91. The molecule has 3 rings (SSSR count). The van der Waals surface area contributed by atoms with Gasteiger partial charge in [-0.15, -0.1) is 0 Å². The van der Waals surface area contributed by atoms with E-state index >= 15 is 0 Å². The first-order chi connectivity index (χ1) is 7.33. The molecule has 2 aromatic heterocycles. The van der Waals surface area contributed by atoms with Crippen molar-refractivity contribution in [3.05, 3.63) is 16.4 Å². The fourth-order valence-corrected chi connectivity index (χ4v) is 2.89. The number of fused-ring (bicyclic) bond motifs is 1. The van der Waals surface area contributed by atoms with E-state index in [0.29, 0.717) is 5.92 Å². The van der Waals surface area contributed by atoms with Gasteiger partial charge in [-0.1, -0.05) is 22.9 Å². The summed E-state index contributed by atoms with van der Waals surface area (Å²) in [5.74, 6) is 1.48. The molecule has 0 bridgehead atoms. The molecule has 6 heteroatoms. The van der Waals surface area contributed by atoms with E-state index < -0.39 is 0 Å². The Bertz CT molecular complexity index is 440. The Kier molecular flexibility index (Phi) is 2.38. The molecule has 2 aromatic rings. The highest BCUT2D eigenvalue weighted by Gasteiger charge is 2.20. The molecule has 3 heterocycles. The van der Waals surface area contributed by atoms with E-state index in [1.165, 1.54) is 11.3 Å². The third kappa shape index (κ3) is 1.75. The van der Waals surface area contributed by atoms with Crippen LogP contribution in [0.5, 0.6) is 0 Å². The smallest absolute Gasteiger partial charge is 0.213 e. The summed E-state index contributed by atoms with van der Waals surface area (Å²) < 4.78 is 2.52. The lowest BCUT2D eigenvalue weighted by Gasteiger charge is -2.19. The van der Waals surface area contributed by atoms with E-state index in [1.807, 2.05) is 6.20 Å². The van der Waals surface area contributed by atoms with Crippen molar-refractivity contribution in [3.8, 4) is 0 Å². The van der Waals surface area contributed by atoms with E-state index in [0.717, 1.165) is 41.1 Å². The molecule has 1 N–H and O–H groups in total. The molecule has 0 unspecified atom stereocenters. The van der Waals surface area contributed by atoms with Crippen molar-refractivity contribution in [2.75, 3.05) is 13.1 Å². The van der Waals surface area contributed by atoms with Crippen LogP contribution < -0.4 is 5.32 Å². The fourth-order valence-electron chi connectivity index (χ4n) is 1.94. The molecule has 0 saturated carbocycles. The zero-order chi connectivity index (χ0) is 10.3. The van der Waals surface area contributed by atoms with Crippen LogP contribution >= 0.6 is 22.9 Å². The van der Waals surface area contributed by atoms with Gasteiger partial charge < -0.3 is 5.32 Å². The molecule has 4 nitrogen and oxygen atoms in total. The van der Waals surface area contributed by atoms with Crippen molar-refractivity contribution in [1.29, 1.82) is 0 Å². The van der Waals surface area contributed by atoms with E-state index in [2.05, 4.69) is 15.4 Å². The Morgan fingerprint density at radius 2 is 2.27 bits per heavy atom. The first-order valence-corrected chi connectivity index (χ1v) is 6.25. The lowest BCUT2D eigenvalue weighted by Crippen LogP contribution is -2.27. The molecule has 0 spiro atoms. The highest BCUT2D eigenvalue weighted by atomic mass is 35.5. The number of nitrogens with one attached hydrogen (secondary N) is 1. The van der Waals surface area contributed by atoms with Gasteiger partial charge in [-0.25, -0.2) is 9.50 Å². The van der Waals surface area contributed by atoms with Crippen LogP contribution in [0, 0.1) is 0 Å². The quantitative estimate of drug-likeness (QED) is 0.831. The second-order valence-corrected chi connectivity index (χ2v) is 5.40. The maximum atomic E-state index is 5.87. The number of thiazole rings is 1. The number of rotatable bonds is 1. The fraction of sp³-hybridized carbons (Fsp3) is 0.556.